The van der Waals surface area contributed by atoms with E-state index in [0.29, 0.717) is 5.69 Å². The molecule has 0 N–H and O–H groups in total. The quantitative estimate of drug-likeness (QED) is 0.611. The number of fused-ring (bicyclic) bond motifs is 1. The highest BCUT2D eigenvalue weighted by Crippen LogP contribution is 2.09. The summed E-state index contributed by atoms with van der Waals surface area (Å²) in [6, 6.07) is 3.67. The second-order valence-electron chi connectivity index (χ2n) is 2.57. The second kappa shape index (κ2) is 2.90. The number of methoxy groups -OCH3 is 1. The van der Waals surface area contributed by atoms with Gasteiger partial charge in [0.1, 0.15) is 0 Å². The van der Waals surface area contributed by atoms with Crippen LogP contribution in [0.5, 0.6) is 0 Å². The van der Waals surface area contributed by atoms with E-state index in [-0.39, 0.29) is 0 Å². The van der Waals surface area contributed by atoms with E-state index < -0.39 is 5.97 Å². The molecule has 0 unspecified atom stereocenters. The van der Waals surface area contributed by atoms with Crippen molar-refractivity contribution in [3.05, 3.63) is 36.4 Å². The van der Waals surface area contributed by atoms with Crippen LogP contribution in [0.3, 0.4) is 0 Å². The molecule has 0 saturated carbocycles. The van der Waals surface area contributed by atoms with Gasteiger partial charge in [0.15, 0.2) is 5.69 Å². The van der Waals surface area contributed by atoms with Crippen LogP contribution >= 0.6 is 0 Å². The Labute approximate surface area is 74.8 Å². The molecule has 0 amide bonds. The summed E-state index contributed by atoms with van der Waals surface area (Å²) >= 11 is 0. The van der Waals surface area contributed by atoms with Crippen molar-refractivity contribution in [2.45, 2.75) is 0 Å². The summed E-state index contributed by atoms with van der Waals surface area (Å²) in [6.45, 7) is 0. The maximum atomic E-state index is 11.2. The van der Waals surface area contributed by atoms with E-state index in [2.05, 4.69) is 9.72 Å². The molecule has 2 aromatic rings. The van der Waals surface area contributed by atoms with Crippen LogP contribution in [-0.4, -0.2) is 22.5 Å². The minimum atomic E-state index is -0.413. The molecule has 13 heavy (non-hydrogen) atoms. The first-order chi connectivity index (χ1) is 6.33. The molecule has 0 aliphatic heterocycles. The first-order valence-electron chi connectivity index (χ1n) is 3.83. The van der Waals surface area contributed by atoms with Gasteiger partial charge in [-0.25, -0.2) is 9.78 Å². The van der Waals surface area contributed by atoms with Crippen LogP contribution in [0.25, 0.3) is 5.52 Å². The molecule has 2 heterocycles. The maximum absolute atomic E-state index is 11.2. The Hall–Kier alpha value is -1.84. The van der Waals surface area contributed by atoms with Gasteiger partial charge >= 0.3 is 5.97 Å². The molecule has 0 aliphatic rings. The van der Waals surface area contributed by atoms with Crippen molar-refractivity contribution in [2.75, 3.05) is 7.11 Å². The van der Waals surface area contributed by atoms with Crippen molar-refractivity contribution in [1.82, 2.24) is 9.38 Å². The third-order valence-corrected chi connectivity index (χ3v) is 1.83. The van der Waals surface area contributed by atoms with E-state index >= 15 is 0 Å². The SMILES string of the molecule is COC(=O)c1nccn2cccc12. The zero-order chi connectivity index (χ0) is 9.26. The fourth-order valence-corrected chi connectivity index (χ4v) is 1.22. The normalized spacial score (nSPS) is 10.2. The first-order valence-corrected chi connectivity index (χ1v) is 3.83. The van der Waals surface area contributed by atoms with Crippen LogP contribution in [0.1, 0.15) is 10.5 Å². The predicted octanol–water partition coefficient (Wildman–Crippen LogP) is 1.12. The van der Waals surface area contributed by atoms with Gasteiger partial charge in [-0.05, 0) is 12.1 Å². The molecular formula is C9H8N2O2. The van der Waals surface area contributed by atoms with Gasteiger partial charge in [-0.2, -0.15) is 0 Å². The summed E-state index contributed by atoms with van der Waals surface area (Å²) in [5, 5.41) is 0. The minimum absolute atomic E-state index is 0.343. The molecule has 0 saturated heterocycles. The molecule has 0 radical (unpaired) electrons. The molecule has 66 valence electrons. The zero-order valence-electron chi connectivity index (χ0n) is 7.10. The number of hydrogen-bond donors (Lipinski definition) is 0. The van der Waals surface area contributed by atoms with Crippen molar-refractivity contribution in [2.24, 2.45) is 0 Å². The lowest BCUT2D eigenvalue weighted by Gasteiger charge is -2.00. The summed E-state index contributed by atoms with van der Waals surface area (Å²) in [5.74, 6) is -0.413. The van der Waals surface area contributed by atoms with Crippen LogP contribution in [0, 0.1) is 0 Å². The summed E-state index contributed by atoms with van der Waals surface area (Å²) in [6.07, 6.45) is 5.20. The van der Waals surface area contributed by atoms with Crippen LogP contribution < -0.4 is 0 Å². The molecule has 0 atom stereocenters. The van der Waals surface area contributed by atoms with Crippen LogP contribution in [0.2, 0.25) is 0 Å². The Kier molecular flexibility index (Phi) is 1.73. The molecule has 4 heteroatoms. The molecule has 0 spiro atoms. The topological polar surface area (TPSA) is 43.6 Å². The third-order valence-electron chi connectivity index (χ3n) is 1.83. The van der Waals surface area contributed by atoms with Crippen molar-refractivity contribution in [1.29, 1.82) is 0 Å². The molecule has 2 aromatic heterocycles. The van der Waals surface area contributed by atoms with Gasteiger partial charge in [-0.3, -0.25) is 0 Å². The number of hydrogen-bond acceptors (Lipinski definition) is 3. The second-order valence-corrected chi connectivity index (χ2v) is 2.57. The van der Waals surface area contributed by atoms with Crippen LogP contribution in [0.15, 0.2) is 30.7 Å². The van der Waals surface area contributed by atoms with Gasteiger partial charge in [0.05, 0.1) is 12.6 Å². The van der Waals surface area contributed by atoms with Gasteiger partial charge in [-0.15, -0.1) is 0 Å². The van der Waals surface area contributed by atoms with E-state index in [1.165, 1.54) is 7.11 Å². The zero-order valence-corrected chi connectivity index (χ0v) is 7.10. The van der Waals surface area contributed by atoms with E-state index in [0.717, 1.165) is 5.52 Å². The highest BCUT2D eigenvalue weighted by Gasteiger charge is 2.10. The predicted molar refractivity (Wildman–Crippen MR) is 46.5 cm³/mol. The lowest BCUT2D eigenvalue weighted by Crippen LogP contribution is -2.05. The first kappa shape index (κ1) is 7.79. The molecule has 0 fully saturated rings. The number of aromatic nitrogens is 2. The van der Waals surface area contributed by atoms with Gasteiger partial charge < -0.3 is 9.14 Å². The van der Waals surface area contributed by atoms with Gasteiger partial charge in [0, 0.05) is 18.6 Å². The molecule has 0 bridgehead atoms. The maximum Gasteiger partial charge on any atom is 0.358 e. The Morgan fingerprint density at radius 1 is 1.54 bits per heavy atom. The number of nitrogens with zero attached hydrogens (tertiary/aromatic N) is 2. The highest BCUT2D eigenvalue weighted by atomic mass is 16.5. The van der Waals surface area contributed by atoms with Gasteiger partial charge in [-0.1, -0.05) is 0 Å². The molecule has 2 rings (SSSR count). The number of ether oxygens (including phenoxy) is 1. The molecule has 0 aliphatic carbocycles. The molecule has 0 aromatic carbocycles. The minimum Gasteiger partial charge on any atom is -0.464 e. The van der Waals surface area contributed by atoms with E-state index in [1.807, 2.05) is 22.7 Å². The fraction of sp³-hybridized carbons (Fsp3) is 0.111. The largest absolute Gasteiger partial charge is 0.464 e. The number of esters is 1. The average molecular weight is 176 g/mol. The number of rotatable bonds is 1. The highest BCUT2D eigenvalue weighted by molar-refractivity contribution is 5.94. The molecule has 4 nitrogen and oxygen atoms in total. The average Bonchev–Trinajstić information content (AvgIpc) is 2.63. The standard InChI is InChI=1S/C9H8N2O2/c1-13-9(12)8-7-3-2-5-11(7)6-4-10-8/h2-6H,1H3. The smallest absolute Gasteiger partial charge is 0.358 e. The lowest BCUT2D eigenvalue weighted by atomic mass is 10.3. The summed E-state index contributed by atoms with van der Waals surface area (Å²) in [7, 11) is 1.34. The van der Waals surface area contributed by atoms with E-state index in [9.17, 15) is 4.79 Å². The van der Waals surface area contributed by atoms with Crippen molar-refractivity contribution in [3.63, 3.8) is 0 Å². The van der Waals surface area contributed by atoms with Crippen molar-refractivity contribution in [3.8, 4) is 0 Å². The van der Waals surface area contributed by atoms with Crippen LogP contribution in [0.4, 0.5) is 0 Å². The number of carbonyl (C=O) groups is 1. The summed E-state index contributed by atoms with van der Waals surface area (Å²) in [5.41, 5.74) is 1.10. The summed E-state index contributed by atoms with van der Waals surface area (Å²) in [4.78, 5) is 15.2. The Morgan fingerprint density at radius 3 is 3.15 bits per heavy atom. The third kappa shape index (κ3) is 1.16. The monoisotopic (exact) mass is 176 g/mol. The fourth-order valence-electron chi connectivity index (χ4n) is 1.22. The van der Waals surface area contributed by atoms with Crippen molar-refractivity contribution >= 4 is 11.5 Å². The molecular weight excluding hydrogens is 168 g/mol. The Balaban J connectivity index is 2.67. The Morgan fingerprint density at radius 2 is 2.38 bits per heavy atom. The number of carbonyl (C=O) groups excluding carboxylic acids is 1. The van der Waals surface area contributed by atoms with Gasteiger partial charge in [0.25, 0.3) is 0 Å². The van der Waals surface area contributed by atoms with Crippen LogP contribution in [-0.2, 0) is 4.74 Å². The van der Waals surface area contributed by atoms with E-state index in [4.69, 9.17) is 0 Å². The Bertz CT molecular complexity index is 448. The van der Waals surface area contributed by atoms with Gasteiger partial charge in [0.2, 0.25) is 0 Å². The van der Waals surface area contributed by atoms with E-state index in [1.54, 1.807) is 12.4 Å². The lowest BCUT2D eigenvalue weighted by molar-refractivity contribution is 0.0596. The summed E-state index contributed by atoms with van der Waals surface area (Å²) < 4.78 is 6.42. The van der Waals surface area contributed by atoms with Crippen molar-refractivity contribution < 1.29 is 9.53 Å².